The van der Waals surface area contributed by atoms with Gasteiger partial charge in [-0.2, -0.15) is 5.10 Å². The van der Waals surface area contributed by atoms with Crippen LogP contribution in [-0.2, 0) is 6.54 Å². The largest absolute Gasteiger partial charge is 0.305 e. The van der Waals surface area contributed by atoms with E-state index in [0.29, 0.717) is 0 Å². The summed E-state index contributed by atoms with van der Waals surface area (Å²) in [7, 11) is 0. The van der Waals surface area contributed by atoms with E-state index in [-0.39, 0.29) is 0 Å². The summed E-state index contributed by atoms with van der Waals surface area (Å²) >= 11 is 0. The molecule has 0 heterocycles. The van der Waals surface area contributed by atoms with E-state index in [4.69, 9.17) is 0 Å². The Kier molecular flexibility index (Phi) is 3.76. The van der Waals surface area contributed by atoms with E-state index >= 15 is 0 Å². The van der Waals surface area contributed by atoms with Crippen molar-refractivity contribution in [2.24, 2.45) is 5.10 Å². The number of nitrogens with zero attached hydrogens (tertiary/aromatic N) is 1. The summed E-state index contributed by atoms with van der Waals surface area (Å²) in [6, 6.07) is 10.2. The molecule has 1 rings (SSSR count). The highest BCUT2D eigenvalue weighted by Crippen LogP contribution is 1.96. The molecule has 0 unspecified atom stereocenters. The zero-order chi connectivity index (χ0) is 9.52. The molecule has 0 radical (unpaired) electrons. The predicted octanol–water partition coefficient (Wildman–Crippen LogP) is 2.34. The van der Waals surface area contributed by atoms with Crippen molar-refractivity contribution in [3.63, 3.8) is 0 Å². The van der Waals surface area contributed by atoms with Crippen LogP contribution in [0.1, 0.15) is 12.5 Å². The van der Waals surface area contributed by atoms with E-state index in [1.165, 1.54) is 5.56 Å². The first kappa shape index (κ1) is 9.52. The molecular formula is C11H14N2. The van der Waals surface area contributed by atoms with E-state index in [2.05, 4.69) is 29.2 Å². The number of nitrogens with one attached hydrogen (secondary N) is 1. The summed E-state index contributed by atoms with van der Waals surface area (Å²) < 4.78 is 0. The Morgan fingerprint density at radius 1 is 1.46 bits per heavy atom. The molecule has 0 aliphatic carbocycles. The Hall–Kier alpha value is -1.57. The fourth-order valence-electron chi connectivity index (χ4n) is 0.897. The number of benzene rings is 1. The molecule has 68 valence electrons. The summed E-state index contributed by atoms with van der Waals surface area (Å²) in [6.07, 6.45) is 1.72. The van der Waals surface area contributed by atoms with Gasteiger partial charge in [-0.3, -0.25) is 0 Å². The number of rotatable bonds is 4. The van der Waals surface area contributed by atoms with Crippen LogP contribution in [0.15, 0.2) is 48.1 Å². The van der Waals surface area contributed by atoms with Gasteiger partial charge in [-0.1, -0.05) is 36.9 Å². The first-order chi connectivity index (χ1) is 6.33. The van der Waals surface area contributed by atoms with Gasteiger partial charge in [0.25, 0.3) is 0 Å². The predicted molar refractivity (Wildman–Crippen MR) is 56.6 cm³/mol. The first-order valence-electron chi connectivity index (χ1n) is 4.26. The normalized spacial score (nSPS) is 11.0. The van der Waals surface area contributed by atoms with Gasteiger partial charge in [-0.05, 0) is 18.6 Å². The van der Waals surface area contributed by atoms with Crippen molar-refractivity contribution in [3.8, 4) is 0 Å². The molecule has 0 amide bonds. The number of hydrogen-bond acceptors (Lipinski definition) is 2. The summed E-state index contributed by atoms with van der Waals surface area (Å²) in [4.78, 5) is 0. The van der Waals surface area contributed by atoms with E-state index in [0.717, 1.165) is 12.3 Å². The van der Waals surface area contributed by atoms with E-state index < -0.39 is 0 Å². The van der Waals surface area contributed by atoms with Gasteiger partial charge >= 0.3 is 0 Å². The van der Waals surface area contributed by atoms with Crippen LogP contribution in [0, 0.1) is 0 Å². The van der Waals surface area contributed by atoms with Gasteiger partial charge in [0.1, 0.15) is 0 Å². The van der Waals surface area contributed by atoms with E-state index in [1.54, 1.807) is 6.08 Å². The third kappa shape index (κ3) is 3.56. The van der Waals surface area contributed by atoms with Crippen LogP contribution in [0.3, 0.4) is 0 Å². The van der Waals surface area contributed by atoms with Crippen LogP contribution in [-0.4, -0.2) is 5.71 Å². The molecule has 0 saturated heterocycles. The van der Waals surface area contributed by atoms with Crippen molar-refractivity contribution in [3.05, 3.63) is 48.6 Å². The Bertz CT molecular complexity index is 288. The number of allylic oxidation sites excluding steroid dienone is 1. The topological polar surface area (TPSA) is 24.4 Å². The molecule has 0 bridgehead atoms. The smallest absolute Gasteiger partial charge is 0.0580 e. The van der Waals surface area contributed by atoms with Crippen LogP contribution < -0.4 is 5.43 Å². The second kappa shape index (κ2) is 5.14. The average molecular weight is 174 g/mol. The molecule has 13 heavy (non-hydrogen) atoms. The second-order valence-electron chi connectivity index (χ2n) is 2.78. The molecule has 0 aliphatic heterocycles. The van der Waals surface area contributed by atoms with Gasteiger partial charge in [0.2, 0.25) is 0 Å². The van der Waals surface area contributed by atoms with Gasteiger partial charge in [0, 0.05) is 0 Å². The SMILES string of the molecule is C=CC(C)=NNCc1ccccc1. The molecule has 0 saturated carbocycles. The highest BCUT2D eigenvalue weighted by atomic mass is 15.3. The van der Waals surface area contributed by atoms with Crippen LogP contribution in [0.5, 0.6) is 0 Å². The maximum Gasteiger partial charge on any atom is 0.0580 e. The van der Waals surface area contributed by atoms with E-state index in [9.17, 15) is 0 Å². The average Bonchev–Trinajstić information content (AvgIpc) is 2.19. The van der Waals surface area contributed by atoms with Crippen molar-refractivity contribution in [1.82, 2.24) is 5.43 Å². The Morgan fingerprint density at radius 2 is 2.15 bits per heavy atom. The molecule has 1 aromatic rings. The Morgan fingerprint density at radius 3 is 2.77 bits per heavy atom. The minimum absolute atomic E-state index is 0.756. The van der Waals surface area contributed by atoms with Gasteiger partial charge in [0.15, 0.2) is 0 Å². The minimum Gasteiger partial charge on any atom is -0.305 e. The first-order valence-corrected chi connectivity index (χ1v) is 4.26. The third-order valence-electron chi connectivity index (χ3n) is 1.68. The van der Waals surface area contributed by atoms with Crippen molar-refractivity contribution in [2.75, 3.05) is 0 Å². The zero-order valence-electron chi connectivity index (χ0n) is 7.83. The Labute approximate surface area is 79.0 Å². The summed E-state index contributed by atoms with van der Waals surface area (Å²) in [5.74, 6) is 0. The van der Waals surface area contributed by atoms with Crippen LogP contribution in [0.2, 0.25) is 0 Å². The standard InChI is InChI=1S/C11H14N2/c1-3-10(2)13-12-9-11-7-5-4-6-8-11/h3-8,12H,1,9H2,2H3. The highest BCUT2D eigenvalue weighted by Gasteiger charge is 1.87. The molecule has 2 nitrogen and oxygen atoms in total. The van der Waals surface area contributed by atoms with Gasteiger partial charge < -0.3 is 5.43 Å². The van der Waals surface area contributed by atoms with E-state index in [1.807, 2.05) is 25.1 Å². The lowest BCUT2D eigenvalue weighted by atomic mass is 10.2. The third-order valence-corrected chi connectivity index (χ3v) is 1.68. The van der Waals surface area contributed by atoms with Crippen molar-refractivity contribution in [1.29, 1.82) is 0 Å². The quantitative estimate of drug-likeness (QED) is 0.550. The van der Waals surface area contributed by atoms with Crippen molar-refractivity contribution in [2.45, 2.75) is 13.5 Å². The number of hydrogen-bond donors (Lipinski definition) is 1. The highest BCUT2D eigenvalue weighted by molar-refractivity contribution is 5.91. The van der Waals surface area contributed by atoms with Crippen molar-refractivity contribution >= 4 is 5.71 Å². The minimum atomic E-state index is 0.756. The molecule has 2 heteroatoms. The molecule has 0 spiro atoms. The van der Waals surface area contributed by atoms with Crippen LogP contribution in [0.25, 0.3) is 0 Å². The molecule has 0 atom stereocenters. The van der Waals surface area contributed by atoms with Gasteiger partial charge in [0.05, 0.1) is 12.3 Å². The maximum atomic E-state index is 4.09. The maximum absolute atomic E-state index is 4.09. The molecule has 0 aromatic heterocycles. The monoisotopic (exact) mass is 174 g/mol. The second-order valence-corrected chi connectivity index (χ2v) is 2.78. The summed E-state index contributed by atoms with van der Waals surface area (Å²) in [5, 5.41) is 4.09. The summed E-state index contributed by atoms with van der Waals surface area (Å²) in [6.45, 7) is 6.28. The molecule has 1 N–H and O–H groups in total. The molecular weight excluding hydrogens is 160 g/mol. The fourth-order valence-corrected chi connectivity index (χ4v) is 0.897. The van der Waals surface area contributed by atoms with Crippen molar-refractivity contribution < 1.29 is 0 Å². The van der Waals surface area contributed by atoms with Gasteiger partial charge in [-0.15, -0.1) is 0 Å². The molecule has 0 aliphatic rings. The zero-order valence-corrected chi connectivity index (χ0v) is 7.83. The lowest BCUT2D eigenvalue weighted by molar-refractivity contribution is 0.744. The lowest BCUT2D eigenvalue weighted by Crippen LogP contribution is -2.07. The fraction of sp³-hybridized carbons (Fsp3) is 0.182. The molecule has 0 fully saturated rings. The Balaban J connectivity index is 2.40. The number of hydrazone groups is 1. The summed E-state index contributed by atoms with van der Waals surface area (Å²) in [5.41, 5.74) is 5.09. The van der Waals surface area contributed by atoms with Gasteiger partial charge in [-0.25, -0.2) is 0 Å². The molecule has 1 aromatic carbocycles. The van der Waals surface area contributed by atoms with Crippen LogP contribution >= 0.6 is 0 Å². The lowest BCUT2D eigenvalue weighted by Gasteiger charge is -2.00. The van der Waals surface area contributed by atoms with Crippen LogP contribution in [0.4, 0.5) is 0 Å².